The van der Waals surface area contributed by atoms with Gasteiger partial charge in [0.2, 0.25) is 0 Å². The number of hydrogen-bond acceptors (Lipinski definition) is 4. The van der Waals surface area contributed by atoms with Crippen molar-refractivity contribution in [2.45, 2.75) is 18.2 Å². The van der Waals surface area contributed by atoms with Crippen LogP contribution in [0.1, 0.15) is 22.8 Å². The second-order valence-electron chi connectivity index (χ2n) is 6.32. The molecule has 0 heterocycles. The molecule has 1 amide bonds. The number of nitrogens with one attached hydrogen (secondary N) is 2. The predicted molar refractivity (Wildman–Crippen MR) is 114 cm³/mol. The highest BCUT2D eigenvalue weighted by Crippen LogP contribution is 2.22. The van der Waals surface area contributed by atoms with Gasteiger partial charge in [0.15, 0.2) is 0 Å². The number of benzene rings is 3. The van der Waals surface area contributed by atoms with Crippen molar-refractivity contribution in [1.29, 1.82) is 0 Å². The Bertz CT molecular complexity index is 1090. The van der Waals surface area contributed by atoms with Crippen molar-refractivity contribution < 1.29 is 17.9 Å². The zero-order valence-corrected chi connectivity index (χ0v) is 17.0. The number of carbonyl (C=O) groups excluding carboxylic acids is 1. The first-order valence-corrected chi connectivity index (χ1v) is 10.6. The van der Waals surface area contributed by atoms with Gasteiger partial charge in [-0.25, -0.2) is 8.42 Å². The molecule has 0 aliphatic rings. The average molecular weight is 410 g/mol. The van der Waals surface area contributed by atoms with E-state index in [4.69, 9.17) is 4.74 Å². The number of rotatable bonds is 7. The molecule has 0 spiro atoms. The van der Waals surface area contributed by atoms with E-state index in [0.29, 0.717) is 22.7 Å². The van der Waals surface area contributed by atoms with Crippen molar-refractivity contribution in [3.8, 4) is 5.75 Å². The summed E-state index contributed by atoms with van der Waals surface area (Å²) in [6.45, 7) is 1.97. The highest BCUT2D eigenvalue weighted by molar-refractivity contribution is 7.92. The van der Waals surface area contributed by atoms with Crippen LogP contribution in [0.5, 0.6) is 5.75 Å². The lowest BCUT2D eigenvalue weighted by atomic mass is 10.1. The normalized spacial score (nSPS) is 11.0. The van der Waals surface area contributed by atoms with E-state index in [0.717, 1.165) is 12.0 Å². The molecule has 3 aromatic carbocycles. The Morgan fingerprint density at radius 3 is 2.21 bits per heavy atom. The van der Waals surface area contributed by atoms with Crippen LogP contribution in [-0.2, 0) is 16.4 Å². The molecule has 6 nitrogen and oxygen atoms in total. The van der Waals surface area contributed by atoms with E-state index in [1.54, 1.807) is 55.6 Å². The number of anilines is 2. The van der Waals surface area contributed by atoms with Crippen molar-refractivity contribution in [3.63, 3.8) is 0 Å². The van der Waals surface area contributed by atoms with Gasteiger partial charge in [0.05, 0.1) is 17.7 Å². The van der Waals surface area contributed by atoms with Crippen molar-refractivity contribution in [2.24, 2.45) is 0 Å². The molecule has 0 fully saturated rings. The molecule has 0 aromatic heterocycles. The number of ether oxygens (including phenoxy) is 1. The summed E-state index contributed by atoms with van der Waals surface area (Å²) in [5.74, 6) is 0.367. The lowest BCUT2D eigenvalue weighted by Gasteiger charge is -2.12. The number of methoxy groups -OCH3 is 1. The molecule has 0 saturated heterocycles. The van der Waals surface area contributed by atoms with Gasteiger partial charge < -0.3 is 10.1 Å². The molecular weight excluding hydrogens is 388 g/mol. The van der Waals surface area contributed by atoms with Gasteiger partial charge in [0.25, 0.3) is 15.9 Å². The van der Waals surface area contributed by atoms with Crippen LogP contribution < -0.4 is 14.8 Å². The fourth-order valence-corrected chi connectivity index (χ4v) is 3.90. The smallest absolute Gasteiger partial charge is 0.261 e. The third-order valence-electron chi connectivity index (χ3n) is 4.42. The molecule has 7 heteroatoms. The van der Waals surface area contributed by atoms with Crippen LogP contribution in [0.3, 0.4) is 0 Å². The van der Waals surface area contributed by atoms with Crippen molar-refractivity contribution in [2.75, 3.05) is 17.1 Å². The second-order valence-corrected chi connectivity index (χ2v) is 8.01. The van der Waals surface area contributed by atoms with Crippen LogP contribution >= 0.6 is 0 Å². The van der Waals surface area contributed by atoms with Gasteiger partial charge in [-0.2, -0.15) is 0 Å². The van der Waals surface area contributed by atoms with E-state index in [1.165, 1.54) is 12.1 Å². The number of amides is 1. The second kappa shape index (κ2) is 8.79. The van der Waals surface area contributed by atoms with E-state index >= 15 is 0 Å². The molecular formula is C22H22N2O4S. The molecule has 0 bridgehead atoms. The van der Waals surface area contributed by atoms with E-state index in [-0.39, 0.29) is 10.8 Å². The maximum Gasteiger partial charge on any atom is 0.261 e. The predicted octanol–water partition coefficient (Wildman–Crippen LogP) is 4.31. The van der Waals surface area contributed by atoms with Crippen LogP contribution in [0, 0.1) is 0 Å². The third-order valence-corrected chi connectivity index (χ3v) is 5.80. The maximum atomic E-state index is 12.7. The van der Waals surface area contributed by atoms with E-state index < -0.39 is 10.0 Å². The largest absolute Gasteiger partial charge is 0.497 e. The third kappa shape index (κ3) is 4.94. The minimum Gasteiger partial charge on any atom is -0.497 e. The minimum absolute atomic E-state index is 0.117. The fraction of sp³-hybridized carbons (Fsp3) is 0.136. The Labute approximate surface area is 170 Å². The Hall–Kier alpha value is -3.32. The van der Waals surface area contributed by atoms with Gasteiger partial charge in [-0.1, -0.05) is 25.1 Å². The standard InChI is InChI=1S/C22H22N2O4S/c1-3-16-6-4-5-7-21(16)24-29(26,27)20-14-10-18(11-15-20)23-22(25)17-8-12-19(28-2)13-9-17/h4-15,24H,3H2,1-2H3,(H,23,25). The lowest BCUT2D eigenvalue weighted by Crippen LogP contribution is -2.15. The average Bonchev–Trinajstić information content (AvgIpc) is 2.74. The molecule has 0 atom stereocenters. The summed E-state index contributed by atoms with van der Waals surface area (Å²) in [5, 5.41) is 2.75. The van der Waals surface area contributed by atoms with Gasteiger partial charge in [0.1, 0.15) is 5.75 Å². The SMILES string of the molecule is CCc1ccccc1NS(=O)(=O)c1ccc(NC(=O)c2ccc(OC)cc2)cc1. The highest BCUT2D eigenvalue weighted by Gasteiger charge is 2.16. The van der Waals surface area contributed by atoms with Crippen molar-refractivity contribution in [1.82, 2.24) is 0 Å². The van der Waals surface area contributed by atoms with Crippen LogP contribution in [0.2, 0.25) is 0 Å². The first-order chi connectivity index (χ1) is 13.9. The quantitative estimate of drug-likeness (QED) is 0.608. The molecule has 29 heavy (non-hydrogen) atoms. The summed E-state index contributed by atoms with van der Waals surface area (Å²) in [5.41, 5.74) is 2.45. The Morgan fingerprint density at radius 2 is 1.59 bits per heavy atom. The molecule has 0 aliphatic carbocycles. The Balaban J connectivity index is 1.72. The van der Waals surface area contributed by atoms with E-state index in [2.05, 4.69) is 10.0 Å². The summed E-state index contributed by atoms with van der Waals surface area (Å²) in [6.07, 6.45) is 0.717. The van der Waals surface area contributed by atoms with Crippen LogP contribution in [0.25, 0.3) is 0 Å². The van der Waals surface area contributed by atoms with Crippen molar-refractivity contribution in [3.05, 3.63) is 83.9 Å². The Kier molecular flexibility index (Phi) is 6.19. The van der Waals surface area contributed by atoms with Crippen LogP contribution in [-0.4, -0.2) is 21.4 Å². The molecule has 0 aliphatic heterocycles. The molecule has 0 unspecified atom stereocenters. The summed E-state index contributed by atoms with van der Waals surface area (Å²) in [6, 6.07) is 20.0. The van der Waals surface area contributed by atoms with Crippen LogP contribution in [0.4, 0.5) is 11.4 Å². The van der Waals surface area contributed by atoms with E-state index in [1.807, 2.05) is 19.1 Å². The number of sulfonamides is 1. The van der Waals surface area contributed by atoms with Gasteiger partial charge in [-0.05, 0) is 66.6 Å². The lowest BCUT2D eigenvalue weighted by molar-refractivity contribution is 0.102. The van der Waals surface area contributed by atoms with Gasteiger partial charge in [-0.15, -0.1) is 0 Å². The number of carbonyl (C=O) groups is 1. The number of hydrogen-bond donors (Lipinski definition) is 2. The zero-order chi connectivity index (χ0) is 20.9. The molecule has 150 valence electrons. The van der Waals surface area contributed by atoms with E-state index in [9.17, 15) is 13.2 Å². The molecule has 3 aromatic rings. The summed E-state index contributed by atoms with van der Waals surface area (Å²) < 4.78 is 33.0. The molecule has 2 N–H and O–H groups in total. The van der Waals surface area contributed by atoms with Gasteiger partial charge in [-0.3, -0.25) is 9.52 Å². The topological polar surface area (TPSA) is 84.5 Å². The maximum absolute atomic E-state index is 12.7. The van der Waals surface area contributed by atoms with Gasteiger partial charge in [0, 0.05) is 11.3 Å². The molecule has 0 radical (unpaired) electrons. The number of para-hydroxylation sites is 1. The first-order valence-electron chi connectivity index (χ1n) is 9.09. The summed E-state index contributed by atoms with van der Waals surface area (Å²) in [4.78, 5) is 12.4. The first kappa shape index (κ1) is 20.4. The molecule has 3 rings (SSSR count). The summed E-state index contributed by atoms with van der Waals surface area (Å²) in [7, 11) is -2.17. The highest BCUT2D eigenvalue weighted by atomic mass is 32.2. The number of aryl methyl sites for hydroxylation is 1. The minimum atomic E-state index is -3.73. The van der Waals surface area contributed by atoms with Crippen molar-refractivity contribution >= 4 is 27.3 Å². The summed E-state index contributed by atoms with van der Waals surface area (Å²) >= 11 is 0. The van der Waals surface area contributed by atoms with Gasteiger partial charge >= 0.3 is 0 Å². The Morgan fingerprint density at radius 1 is 0.931 bits per heavy atom. The molecule has 0 saturated carbocycles. The zero-order valence-electron chi connectivity index (χ0n) is 16.2. The van der Waals surface area contributed by atoms with Crippen LogP contribution in [0.15, 0.2) is 77.7 Å². The fourth-order valence-electron chi connectivity index (χ4n) is 2.79. The monoisotopic (exact) mass is 410 g/mol.